The number of aromatic nitrogens is 1. The normalized spacial score (nSPS) is 15.3. The molecule has 1 aromatic rings. The minimum atomic E-state index is 0. The maximum Gasteiger partial charge on any atom is 0.132 e. The van der Waals surface area contributed by atoms with Crippen molar-refractivity contribution in [1.82, 2.24) is 4.98 Å². The number of nitrogen functional groups attached to an aromatic ring is 1. The molecule has 0 unspecified atom stereocenters. The van der Waals surface area contributed by atoms with Gasteiger partial charge in [0.05, 0.1) is 0 Å². The molecular weight excluding hydrogens is 413 g/mol. The van der Waals surface area contributed by atoms with Crippen LogP contribution in [-0.4, -0.2) is 30.5 Å². The number of rotatable bonds is 7. The van der Waals surface area contributed by atoms with E-state index in [1.54, 1.807) is 6.20 Å². The van der Waals surface area contributed by atoms with Crippen LogP contribution >= 0.6 is 0 Å². The molecule has 0 aliphatic carbocycles. The topological polar surface area (TPSA) is 127 Å². The van der Waals surface area contributed by atoms with Gasteiger partial charge < -0.3 is 27.6 Å². The molecule has 0 saturated heterocycles. The number of pyridine rings is 1. The summed E-state index contributed by atoms with van der Waals surface area (Å²) in [4.78, 5) is 4.18. The van der Waals surface area contributed by atoms with Crippen molar-refractivity contribution in [2.75, 3.05) is 18.8 Å². The number of unbranched alkanes of at least 4 members (excludes halogenated alkanes) is 1. The Morgan fingerprint density at radius 3 is 2.70 bits per heavy atom. The molecule has 1 aliphatic rings. The number of aryl methyl sites for hydroxylation is 1. The molecule has 0 spiro atoms. The van der Waals surface area contributed by atoms with Crippen molar-refractivity contribution in [3.05, 3.63) is 57.2 Å². The van der Waals surface area contributed by atoms with Crippen LogP contribution < -0.4 is 11.5 Å². The third-order valence-electron chi connectivity index (χ3n) is 4.55. The molecule has 6 nitrogen and oxygen atoms in total. The fourth-order valence-electron chi connectivity index (χ4n) is 3.26. The summed E-state index contributed by atoms with van der Waals surface area (Å²) in [5.41, 5.74) is 18.2. The summed E-state index contributed by atoms with van der Waals surface area (Å²) in [6.45, 7) is 5.38. The minimum Gasteiger partial charge on any atom is -0.658 e. The average Bonchev–Trinajstić information content (AvgIpc) is 2.67. The Morgan fingerprint density at radius 1 is 1.37 bits per heavy atom. The first-order valence-electron chi connectivity index (χ1n) is 8.83. The summed E-state index contributed by atoms with van der Waals surface area (Å²) in [6, 6.07) is 0. The molecule has 7 heteroatoms. The predicted octanol–water partition coefficient (Wildman–Crippen LogP) is 3.72. The molecular formula is C20H27N6Y-. The van der Waals surface area contributed by atoms with Crippen LogP contribution in [0.15, 0.2) is 35.2 Å². The van der Waals surface area contributed by atoms with Crippen LogP contribution in [0.2, 0.25) is 0 Å². The molecule has 1 radical (unpaired) electrons. The molecule has 6 N–H and O–H groups in total. The van der Waals surface area contributed by atoms with Gasteiger partial charge in [0.1, 0.15) is 5.82 Å². The fraction of sp³-hybridized carbons (Fsp3) is 0.350. The summed E-state index contributed by atoms with van der Waals surface area (Å²) in [7, 11) is 0. The van der Waals surface area contributed by atoms with Crippen molar-refractivity contribution in [3.8, 4) is 0 Å². The van der Waals surface area contributed by atoms with E-state index >= 15 is 0 Å². The van der Waals surface area contributed by atoms with Crippen molar-refractivity contribution in [1.29, 1.82) is 10.8 Å². The summed E-state index contributed by atoms with van der Waals surface area (Å²) in [5.74, 6) is 0.346. The summed E-state index contributed by atoms with van der Waals surface area (Å²) >= 11 is 0. The van der Waals surface area contributed by atoms with E-state index in [-0.39, 0.29) is 32.7 Å². The summed E-state index contributed by atoms with van der Waals surface area (Å²) in [6.07, 6.45) is 10.6. The van der Waals surface area contributed by atoms with E-state index in [2.05, 4.69) is 23.3 Å². The Bertz CT molecular complexity index is 792. The smallest absolute Gasteiger partial charge is 0.132 e. The number of hydrogen-bond acceptors (Lipinski definition) is 5. The van der Waals surface area contributed by atoms with Crippen LogP contribution in [0.3, 0.4) is 0 Å². The molecule has 2 rings (SSSR count). The zero-order valence-electron chi connectivity index (χ0n) is 16.0. The van der Waals surface area contributed by atoms with Crippen molar-refractivity contribution in [2.24, 2.45) is 5.73 Å². The van der Waals surface area contributed by atoms with Crippen LogP contribution in [0.5, 0.6) is 0 Å². The molecule has 2 heterocycles. The van der Waals surface area contributed by atoms with Crippen molar-refractivity contribution < 1.29 is 32.7 Å². The van der Waals surface area contributed by atoms with E-state index in [9.17, 15) is 0 Å². The number of nitrogens with one attached hydrogen (secondary N) is 2. The van der Waals surface area contributed by atoms with Gasteiger partial charge >= 0.3 is 0 Å². The molecule has 0 saturated carbocycles. The molecule has 0 bridgehead atoms. The van der Waals surface area contributed by atoms with E-state index in [4.69, 9.17) is 22.3 Å². The van der Waals surface area contributed by atoms with E-state index in [0.29, 0.717) is 23.5 Å². The van der Waals surface area contributed by atoms with Gasteiger partial charge in [0.25, 0.3) is 0 Å². The summed E-state index contributed by atoms with van der Waals surface area (Å²) < 4.78 is 0. The van der Waals surface area contributed by atoms with Gasteiger partial charge in [-0.3, -0.25) is 0 Å². The SMILES string of the molecule is CCC/C=C(C1=C(c2c(C)cnc(N)c2C=N)C[N-]CC1)\C(C=N)=C\N.[Y]. The van der Waals surface area contributed by atoms with Gasteiger partial charge in [-0.15, -0.1) is 13.1 Å². The molecule has 0 fully saturated rings. The number of allylic oxidation sites excluding steroid dienone is 3. The number of nitrogens with zero attached hydrogens (tertiary/aromatic N) is 2. The van der Waals surface area contributed by atoms with Gasteiger partial charge in [-0.25, -0.2) is 4.98 Å². The number of anilines is 1. The van der Waals surface area contributed by atoms with Gasteiger partial charge in [-0.05, 0) is 42.0 Å². The average molecular weight is 440 g/mol. The molecule has 1 aliphatic heterocycles. The molecule has 0 amide bonds. The Hall–Kier alpha value is -1.63. The fourth-order valence-corrected chi connectivity index (χ4v) is 3.26. The quantitative estimate of drug-likeness (QED) is 0.381. The van der Waals surface area contributed by atoms with E-state index in [0.717, 1.165) is 53.7 Å². The van der Waals surface area contributed by atoms with Crippen molar-refractivity contribution >= 4 is 23.8 Å². The number of nitrogens with two attached hydrogens (primary N) is 2. The van der Waals surface area contributed by atoms with Crippen molar-refractivity contribution in [3.63, 3.8) is 0 Å². The number of hydrogen-bond donors (Lipinski definition) is 4. The van der Waals surface area contributed by atoms with E-state index in [1.165, 1.54) is 18.6 Å². The first-order chi connectivity index (χ1) is 12.6. The largest absolute Gasteiger partial charge is 0.658 e. The molecule has 141 valence electrons. The van der Waals surface area contributed by atoms with Gasteiger partial charge in [0, 0.05) is 68.7 Å². The second-order valence-electron chi connectivity index (χ2n) is 6.24. The van der Waals surface area contributed by atoms with Crippen LogP contribution in [0.1, 0.15) is 42.9 Å². The Balaban J connectivity index is 0.00000364. The van der Waals surface area contributed by atoms with Gasteiger partial charge in [0.15, 0.2) is 0 Å². The maximum atomic E-state index is 7.80. The second-order valence-corrected chi connectivity index (χ2v) is 6.24. The van der Waals surface area contributed by atoms with Gasteiger partial charge in [-0.1, -0.05) is 25.0 Å². The Labute approximate surface area is 186 Å². The zero-order valence-corrected chi connectivity index (χ0v) is 18.9. The zero-order chi connectivity index (χ0) is 19.1. The van der Waals surface area contributed by atoms with E-state index in [1.807, 2.05) is 6.92 Å². The molecule has 27 heavy (non-hydrogen) atoms. The molecule has 0 atom stereocenters. The van der Waals surface area contributed by atoms with Crippen LogP contribution in [0, 0.1) is 17.7 Å². The Morgan fingerprint density at radius 2 is 2.11 bits per heavy atom. The molecule has 0 aromatic carbocycles. The van der Waals surface area contributed by atoms with Gasteiger partial charge in [-0.2, -0.15) is 0 Å². The standard InChI is InChI=1S/C20H27N6.Y/c1-3-4-5-15(14(8-21)9-22)16-6-7-25-12-18(16)19-13(2)11-26-20(24)17(19)10-23;/h5,8-11,21,23H,3-4,6-7,12,22H2,1-2H3,(H2,24,26);/q-1;/b14-9+,15-5+,21-8?,23-10?;. The Kier molecular flexibility index (Phi) is 9.77. The third kappa shape index (κ3) is 5.21. The third-order valence-corrected chi connectivity index (χ3v) is 4.55. The first-order valence-corrected chi connectivity index (χ1v) is 8.83. The second kappa shape index (κ2) is 11.3. The van der Waals surface area contributed by atoms with Crippen LogP contribution in [0.4, 0.5) is 5.82 Å². The van der Waals surface area contributed by atoms with E-state index < -0.39 is 0 Å². The van der Waals surface area contributed by atoms with Crippen LogP contribution in [0.25, 0.3) is 10.9 Å². The summed E-state index contributed by atoms with van der Waals surface area (Å²) in [5, 5.41) is 20.1. The monoisotopic (exact) mass is 440 g/mol. The predicted molar refractivity (Wildman–Crippen MR) is 110 cm³/mol. The van der Waals surface area contributed by atoms with Crippen molar-refractivity contribution in [2.45, 2.75) is 33.1 Å². The minimum absolute atomic E-state index is 0. The van der Waals surface area contributed by atoms with Crippen LogP contribution in [-0.2, 0) is 32.7 Å². The maximum absolute atomic E-state index is 7.80. The molecule has 1 aromatic heterocycles. The van der Waals surface area contributed by atoms with Gasteiger partial charge in [0.2, 0.25) is 0 Å². The first kappa shape index (κ1) is 23.4.